The molecule has 0 radical (unpaired) electrons. The quantitative estimate of drug-likeness (QED) is 0.818. The predicted molar refractivity (Wildman–Crippen MR) is 119 cm³/mol. The van der Waals surface area contributed by atoms with E-state index in [0.29, 0.717) is 12.1 Å². The Hall–Kier alpha value is -3.69. The number of hydrogen-bond acceptors (Lipinski definition) is 6. The zero-order chi connectivity index (χ0) is 22.0. The Labute approximate surface area is 182 Å². The van der Waals surface area contributed by atoms with Crippen molar-refractivity contribution in [3.05, 3.63) is 88.0 Å². The van der Waals surface area contributed by atoms with Crippen LogP contribution in [0.2, 0.25) is 0 Å². The van der Waals surface area contributed by atoms with Crippen molar-refractivity contribution in [1.82, 2.24) is 4.90 Å². The molecule has 31 heavy (non-hydrogen) atoms. The van der Waals surface area contributed by atoms with Crippen LogP contribution in [-0.2, 0) is 4.74 Å². The van der Waals surface area contributed by atoms with Crippen LogP contribution < -0.4 is 15.2 Å². The van der Waals surface area contributed by atoms with Crippen molar-refractivity contribution in [2.45, 2.75) is 5.92 Å². The van der Waals surface area contributed by atoms with Gasteiger partial charge in [0.1, 0.15) is 28.9 Å². The highest BCUT2D eigenvalue weighted by Gasteiger charge is 2.37. The lowest BCUT2D eigenvalue weighted by Crippen LogP contribution is -2.35. The van der Waals surface area contributed by atoms with Gasteiger partial charge in [0.05, 0.1) is 20.1 Å². The molecule has 2 aliphatic heterocycles. The van der Waals surface area contributed by atoms with Gasteiger partial charge < -0.3 is 19.9 Å². The average molecular weight is 415 g/mol. The zero-order valence-electron chi connectivity index (χ0n) is 17.9. The van der Waals surface area contributed by atoms with Crippen LogP contribution in [0.3, 0.4) is 0 Å². The summed E-state index contributed by atoms with van der Waals surface area (Å²) in [7, 11) is 5.34. The van der Waals surface area contributed by atoms with E-state index in [1.807, 2.05) is 48.5 Å². The molecule has 2 aromatic carbocycles. The van der Waals surface area contributed by atoms with Crippen molar-refractivity contribution in [2.75, 3.05) is 34.4 Å². The van der Waals surface area contributed by atoms with Crippen LogP contribution in [0.4, 0.5) is 0 Å². The van der Waals surface area contributed by atoms with E-state index in [9.17, 15) is 5.26 Å². The fraction of sp³-hybridized carbons (Fsp3) is 0.240. The van der Waals surface area contributed by atoms with Gasteiger partial charge >= 0.3 is 0 Å². The van der Waals surface area contributed by atoms with Crippen molar-refractivity contribution < 1.29 is 14.2 Å². The molecule has 0 fully saturated rings. The number of benzene rings is 2. The fourth-order valence-electron chi connectivity index (χ4n) is 4.12. The number of hydrogen-bond donors (Lipinski definition) is 1. The van der Waals surface area contributed by atoms with Gasteiger partial charge in [0.15, 0.2) is 0 Å². The Morgan fingerprint density at radius 1 is 1.03 bits per heavy atom. The van der Waals surface area contributed by atoms with E-state index in [4.69, 9.17) is 19.9 Å². The number of methoxy groups -OCH3 is 2. The van der Waals surface area contributed by atoms with Gasteiger partial charge in [-0.05, 0) is 54.1 Å². The molecule has 0 aliphatic carbocycles. The van der Waals surface area contributed by atoms with E-state index in [-0.39, 0.29) is 11.8 Å². The van der Waals surface area contributed by atoms with Crippen LogP contribution in [0.25, 0.3) is 6.08 Å². The largest absolute Gasteiger partial charge is 0.497 e. The van der Waals surface area contributed by atoms with Crippen LogP contribution in [0, 0.1) is 11.3 Å². The molecule has 2 aromatic rings. The SMILES string of the molecule is COc1ccc(/C=C2/CN(C)CC3=C2OC(N)=C(C#N)[C@H]3c2ccc(OC)cc2)cc1. The van der Waals surface area contributed by atoms with Gasteiger partial charge in [-0.15, -0.1) is 0 Å². The van der Waals surface area contributed by atoms with Gasteiger partial charge in [0, 0.05) is 18.7 Å². The maximum atomic E-state index is 9.85. The summed E-state index contributed by atoms with van der Waals surface area (Å²) in [5.74, 6) is 2.23. The summed E-state index contributed by atoms with van der Waals surface area (Å²) in [5.41, 5.74) is 10.7. The molecule has 2 aliphatic rings. The van der Waals surface area contributed by atoms with E-state index in [1.165, 1.54) is 0 Å². The molecular weight excluding hydrogens is 390 g/mol. The van der Waals surface area contributed by atoms with Gasteiger partial charge in [0.25, 0.3) is 0 Å². The van der Waals surface area contributed by atoms with Crippen LogP contribution in [0.1, 0.15) is 17.0 Å². The lowest BCUT2D eigenvalue weighted by Gasteiger charge is -2.36. The first-order chi connectivity index (χ1) is 15.0. The summed E-state index contributed by atoms with van der Waals surface area (Å²) in [5, 5.41) is 9.85. The minimum Gasteiger partial charge on any atom is -0.497 e. The molecule has 158 valence electrons. The number of nitrogens with two attached hydrogens (primary N) is 1. The monoisotopic (exact) mass is 415 g/mol. The maximum absolute atomic E-state index is 9.85. The highest BCUT2D eigenvalue weighted by Crippen LogP contribution is 2.43. The second-order valence-electron chi connectivity index (χ2n) is 7.67. The molecule has 0 amide bonds. The lowest BCUT2D eigenvalue weighted by molar-refractivity contribution is 0.251. The highest BCUT2D eigenvalue weighted by molar-refractivity contribution is 5.63. The minimum atomic E-state index is -0.262. The van der Waals surface area contributed by atoms with E-state index in [0.717, 1.165) is 46.1 Å². The topological polar surface area (TPSA) is 80.7 Å². The van der Waals surface area contributed by atoms with Gasteiger partial charge in [0.2, 0.25) is 5.88 Å². The van der Waals surface area contributed by atoms with E-state index < -0.39 is 0 Å². The van der Waals surface area contributed by atoms with Crippen molar-refractivity contribution in [3.8, 4) is 17.6 Å². The molecule has 0 saturated heterocycles. The van der Waals surface area contributed by atoms with Crippen LogP contribution in [-0.4, -0.2) is 39.3 Å². The number of likely N-dealkylation sites (N-methyl/N-ethyl adjacent to an activating group) is 1. The molecule has 6 heteroatoms. The van der Waals surface area contributed by atoms with Crippen LogP contribution >= 0.6 is 0 Å². The third-order valence-corrected chi connectivity index (χ3v) is 5.60. The first-order valence-electron chi connectivity index (χ1n) is 10.0. The normalized spacial score (nSPS) is 20.2. The first kappa shape index (κ1) is 20.6. The number of nitriles is 1. The van der Waals surface area contributed by atoms with Gasteiger partial charge in [-0.25, -0.2) is 0 Å². The van der Waals surface area contributed by atoms with Gasteiger partial charge in [-0.1, -0.05) is 24.3 Å². The molecule has 2 N–H and O–H groups in total. The summed E-state index contributed by atoms with van der Waals surface area (Å²) in [6.07, 6.45) is 2.10. The Morgan fingerprint density at radius 3 is 2.23 bits per heavy atom. The second-order valence-corrected chi connectivity index (χ2v) is 7.67. The van der Waals surface area contributed by atoms with E-state index in [2.05, 4.69) is 24.1 Å². The molecule has 2 heterocycles. The van der Waals surface area contributed by atoms with Crippen molar-refractivity contribution in [3.63, 3.8) is 0 Å². The van der Waals surface area contributed by atoms with Gasteiger partial charge in [-0.3, -0.25) is 4.90 Å². The number of rotatable bonds is 4. The standard InChI is InChI=1S/C25H25N3O3/c1-28-14-18(12-16-4-8-19(29-2)9-5-16)24-22(15-28)23(21(13-26)25(27)31-24)17-6-10-20(30-3)11-7-17/h4-12,23H,14-15,27H2,1-3H3/b18-12-/t23-/m1/s1. The number of ether oxygens (including phenoxy) is 3. The summed E-state index contributed by atoms with van der Waals surface area (Å²) in [4.78, 5) is 2.21. The molecule has 6 nitrogen and oxygen atoms in total. The molecular formula is C25H25N3O3. The Kier molecular flexibility index (Phi) is 5.70. The Morgan fingerprint density at radius 2 is 1.65 bits per heavy atom. The fourth-order valence-corrected chi connectivity index (χ4v) is 4.12. The minimum absolute atomic E-state index is 0.159. The molecule has 1 atom stereocenters. The third-order valence-electron chi connectivity index (χ3n) is 5.60. The summed E-state index contributed by atoms with van der Waals surface area (Å²) < 4.78 is 16.6. The molecule has 0 spiro atoms. The van der Waals surface area contributed by atoms with Crippen molar-refractivity contribution in [1.29, 1.82) is 5.26 Å². The number of allylic oxidation sites excluding steroid dienone is 1. The molecule has 4 rings (SSSR count). The third kappa shape index (κ3) is 4.00. The summed E-state index contributed by atoms with van der Waals surface area (Å²) >= 11 is 0. The number of nitrogens with zero attached hydrogens (tertiary/aromatic N) is 2. The molecule has 0 aromatic heterocycles. The smallest absolute Gasteiger partial charge is 0.205 e. The predicted octanol–water partition coefficient (Wildman–Crippen LogP) is 3.79. The van der Waals surface area contributed by atoms with E-state index >= 15 is 0 Å². The molecule has 0 saturated carbocycles. The summed E-state index contributed by atoms with van der Waals surface area (Å²) in [6.45, 7) is 1.40. The van der Waals surface area contributed by atoms with Crippen LogP contribution in [0.15, 0.2) is 76.9 Å². The molecule has 0 bridgehead atoms. The lowest BCUT2D eigenvalue weighted by atomic mass is 9.80. The Bertz CT molecular complexity index is 1110. The summed E-state index contributed by atoms with van der Waals surface area (Å²) in [6, 6.07) is 17.9. The van der Waals surface area contributed by atoms with E-state index in [1.54, 1.807) is 14.2 Å². The van der Waals surface area contributed by atoms with Crippen molar-refractivity contribution >= 4 is 6.08 Å². The highest BCUT2D eigenvalue weighted by atomic mass is 16.5. The Balaban J connectivity index is 1.81. The van der Waals surface area contributed by atoms with Crippen LogP contribution in [0.5, 0.6) is 11.5 Å². The first-order valence-corrected chi connectivity index (χ1v) is 10.0. The van der Waals surface area contributed by atoms with Crippen molar-refractivity contribution in [2.24, 2.45) is 5.73 Å². The zero-order valence-corrected chi connectivity index (χ0v) is 17.9. The van der Waals surface area contributed by atoms with Gasteiger partial charge in [-0.2, -0.15) is 5.26 Å². The average Bonchev–Trinajstić information content (AvgIpc) is 2.79. The maximum Gasteiger partial charge on any atom is 0.205 e. The second kappa shape index (κ2) is 8.58. The molecule has 0 unspecified atom stereocenters.